The molecule has 2 N–H and O–H groups in total. The number of rotatable bonds is 2. The monoisotopic (exact) mass is 247 g/mol. The topological polar surface area (TPSA) is 77.8 Å². The predicted molar refractivity (Wildman–Crippen MR) is 57.4 cm³/mol. The minimum absolute atomic E-state index is 0.295. The number of hydrogen-bond acceptors (Lipinski definition) is 5. The standard InChI is InChI=1S/C8H9NO4S2/c1-2(10)3-5(11)9-4(7(12)13)8(14)15-6(3)9/h2-4,6,10H,1H3,(H,12,13)/t2?,3-,4-,6-/m1/s1. The van der Waals surface area contributed by atoms with Crippen molar-refractivity contribution in [3.63, 3.8) is 0 Å². The van der Waals surface area contributed by atoms with E-state index >= 15 is 0 Å². The third-order valence-corrected chi connectivity index (χ3v) is 4.34. The van der Waals surface area contributed by atoms with Crippen LogP contribution >= 0.6 is 24.0 Å². The molecule has 0 spiro atoms. The number of nitrogens with zero attached hydrogens (tertiary/aromatic N) is 1. The van der Waals surface area contributed by atoms with Crippen molar-refractivity contribution in [2.75, 3.05) is 0 Å². The molecular formula is C8H9NO4S2. The van der Waals surface area contributed by atoms with E-state index in [0.29, 0.717) is 4.20 Å². The Morgan fingerprint density at radius 1 is 1.67 bits per heavy atom. The second kappa shape index (κ2) is 3.43. The molecule has 2 aliphatic rings. The van der Waals surface area contributed by atoms with Gasteiger partial charge in [-0.05, 0) is 6.92 Å². The minimum Gasteiger partial charge on any atom is -0.479 e. The lowest BCUT2D eigenvalue weighted by Gasteiger charge is -2.44. The van der Waals surface area contributed by atoms with Crippen LogP contribution in [0.15, 0.2) is 0 Å². The maximum absolute atomic E-state index is 11.6. The molecule has 1 amide bonds. The van der Waals surface area contributed by atoms with Gasteiger partial charge in [0.2, 0.25) is 5.91 Å². The predicted octanol–water partition coefficient (Wildman–Crippen LogP) is -0.321. The molecule has 0 aromatic carbocycles. The summed E-state index contributed by atoms with van der Waals surface area (Å²) in [6.07, 6.45) is -0.762. The Labute approximate surface area is 95.4 Å². The zero-order valence-corrected chi connectivity index (χ0v) is 9.42. The van der Waals surface area contributed by atoms with Gasteiger partial charge in [-0.15, -0.1) is 0 Å². The summed E-state index contributed by atoms with van der Waals surface area (Å²) in [5.41, 5.74) is 0. The third kappa shape index (κ3) is 1.37. The molecule has 0 radical (unpaired) electrons. The fourth-order valence-electron chi connectivity index (χ4n) is 1.88. The van der Waals surface area contributed by atoms with Crippen LogP contribution in [0.2, 0.25) is 0 Å². The Hall–Kier alpha value is -0.660. The Kier molecular flexibility index (Phi) is 2.48. The lowest BCUT2D eigenvalue weighted by atomic mass is 9.91. The van der Waals surface area contributed by atoms with E-state index in [9.17, 15) is 14.7 Å². The fraction of sp³-hybridized carbons (Fsp3) is 0.625. The van der Waals surface area contributed by atoms with Crippen molar-refractivity contribution in [3.8, 4) is 0 Å². The van der Waals surface area contributed by atoms with E-state index < -0.39 is 24.0 Å². The van der Waals surface area contributed by atoms with Crippen molar-refractivity contribution in [1.82, 2.24) is 4.90 Å². The van der Waals surface area contributed by atoms with Crippen molar-refractivity contribution in [1.29, 1.82) is 0 Å². The molecule has 2 heterocycles. The van der Waals surface area contributed by atoms with Gasteiger partial charge in [0.15, 0.2) is 6.04 Å². The third-order valence-electron chi connectivity index (χ3n) is 2.61. The van der Waals surface area contributed by atoms with E-state index in [2.05, 4.69) is 0 Å². The average molecular weight is 247 g/mol. The summed E-state index contributed by atoms with van der Waals surface area (Å²) >= 11 is 6.10. The minimum atomic E-state index is -1.10. The van der Waals surface area contributed by atoms with Gasteiger partial charge in [-0.2, -0.15) is 0 Å². The van der Waals surface area contributed by atoms with Crippen molar-refractivity contribution in [3.05, 3.63) is 0 Å². The van der Waals surface area contributed by atoms with Gasteiger partial charge < -0.3 is 15.1 Å². The smallest absolute Gasteiger partial charge is 0.332 e. The fourth-order valence-corrected chi connectivity index (χ4v) is 3.80. The number of amides is 1. The van der Waals surface area contributed by atoms with E-state index in [-0.39, 0.29) is 11.3 Å². The van der Waals surface area contributed by atoms with Crippen molar-refractivity contribution in [2.24, 2.45) is 5.92 Å². The highest BCUT2D eigenvalue weighted by Gasteiger charge is 2.60. The van der Waals surface area contributed by atoms with Crippen LogP contribution in [0.25, 0.3) is 0 Å². The number of aliphatic hydroxyl groups is 1. The molecule has 7 heteroatoms. The number of thioether (sulfide) groups is 1. The van der Waals surface area contributed by atoms with Gasteiger partial charge in [-0.3, -0.25) is 4.79 Å². The Balaban J connectivity index is 2.23. The van der Waals surface area contributed by atoms with Crippen LogP contribution in [0.5, 0.6) is 0 Å². The molecule has 0 saturated carbocycles. The number of aliphatic carboxylic acids is 1. The molecule has 1 unspecified atom stereocenters. The maximum Gasteiger partial charge on any atom is 0.332 e. The van der Waals surface area contributed by atoms with Crippen LogP contribution in [-0.2, 0) is 9.59 Å². The average Bonchev–Trinajstić information content (AvgIpc) is 2.38. The van der Waals surface area contributed by atoms with Gasteiger partial charge in [-0.1, -0.05) is 24.0 Å². The van der Waals surface area contributed by atoms with Crippen molar-refractivity contribution >= 4 is 40.1 Å². The number of carbonyl (C=O) groups is 2. The molecule has 5 nitrogen and oxygen atoms in total. The summed E-state index contributed by atoms with van der Waals surface area (Å²) in [6.45, 7) is 1.53. The molecule has 4 atom stereocenters. The highest BCUT2D eigenvalue weighted by molar-refractivity contribution is 8.24. The number of hydrogen-bond donors (Lipinski definition) is 2. The number of thiocarbonyl (C=S) groups is 1. The number of carbonyl (C=O) groups excluding carboxylic acids is 1. The Morgan fingerprint density at radius 2 is 2.27 bits per heavy atom. The molecule has 82 valence electrons. The van der Waals surface area contributed by atoms with Gasteiger partial charge >= 0.3 is 5.97 Å². The second-order valence-corrected chi connectivity index (χ2v) is 5.44. The van der Waals surface area contributed by atoms with Crippen LogP contribution in [0, 0.1) is 5.92 Å². The number of aliphatic hydroxyl groups excluding tert-OH is 1. The first kappa shape index (κ1) is 10.8. The van der Waals surface area contributed by atoms with Crippen LogP contribution in [0.1, 0.15) is 6.92 Å². The lowest BCUT2D eigenvalue weighted by Crippen LogP contribution is -2.64. The summed E-state index contributed by atoms with van der Waals surface area (Å²) in [7, 11) is 0. The van der Waals surface area contributed by atoms with Gasteiger partial charge in [0.05, 0.1) is 21.6 Å². The zero-order chi connectivity index (χ0) is 11.3. The molecule has 0 aromatic rings. The molecule has 2 saturated heterocycles. The second-order valence-electron chi connectivity index (χ2n) is 3.58. The SMILES string of the molecule is CC(O)[C@@H]1C(=O)N2[C@H](C(=O)O)C(=S)S[C@H]12. The lowest BCUT2D eigenvalue weighted by molar-refractivity contribution is -0.164. The van der Waals surface area contributed by atoms with E-state index in [1.54, 1.807) is 0 Å². The summed E-state index contributed by atoms with van der Waals surface area (Å²) in [5.74, 6) is -1.94. The molecule has 0 aromatic heterocycles. The molecule has 2 fully saturated rings. The molecule has 15 heavy (non-hydrogen) atoms. The van der Waals surface area contributed by atoms with Crippen molar-refractivity contribution < 1.29 is 19.8 Å². The van der Waals surface area contributed by atoms with Gasteiger partial charge in [0.1, 0.15) is 0 Å². The first-order valence-electron chi connectivity index (χ1n) is 4.38. The molecule has 0 bridgehead atoms. The zero-order valence-electron chi connectivity index (χ0n) is 7.78. The molecular weight excluding hydrogens is 238 g/mol. The summed E-state index contributed by atoms with van der Waals surface area (Å²) in [5, 5.41) is 17.9. The van der Waals surface area contributed by atoms with Gasteiger partial charge in [0.25, 0.3) is 0 Å². The van der Waals surface area contributed by atoms with E-state index in [4.69, 9.17) is 17.3 Å². The first-order chi connectivity index (χ1) is 6.95. The van der Waals surface area contributed by atoms with E-state index in [1.807, 2.05) is 0 Å². The van der Waals surface area contributed by atoms with Gasteiger partial charge in [0, 0.05) is 0 Å². The van der Waals surface area contributed by atoms with E-state index in [1.165, 1.54) is 23.6 Å². The van der Waals surface area contributed by atoms with Gasteiger partial charge in [-0.25, -0.2) is 4.79 Å². The normalized spacial score (nSPS) is 36.1. The molecule has 0 aliphatic carbocycles. The number of fused-ring (bicyclic) bond motifs is 1. The quantitative estimate of drug-likeness (QED) is 0.514. The molecule has 2 rings (SSSR count). The summed E-state index contributed by atoms with van der Waals surface area (Å²) < 4.78 is 0.295. The van der Waals surface area contributed by atoms with Crippen molar-refractivity contribution in [2.45, 2.75) is 24.4 Å². The van der Waals surface area contributed by atoms with E-state index in [0.717, 1.165) is 0 Å². The Morgan fingerprint density at radius 3 is 2.73 bits per heavy atom. The Bertz CT molecular complexity index is 357. The number of carboxylic acid groups (broad SMARTS) is 1. The highest BCUT2D eigenvalue weighted by Crippen LogP contribution is 2.46. The molecule has 2 aliphatic heterocycles. The van der Waals surface area contributed by atoms with Crippen LogP contribution in [0.3, 0.4) is 0 Å². The number of carboxylic acids is 1. The van der Waals surface area contributed by atoms with Crippen LogP contribution in [-0.4, -0.2) is 48.7 Å². The number of β-lactam (4-membered cyclic amide) rings is 1. The summed E-state index contributed by atoms with van der Waals surface area (Å²) in [6, 6.07) is -1.00. The van der Waals surface area contributed by atoms with Crippen LogP contribution in [0.4, 0.5) is 0 Å². The maximum atomic E-state index is 11.6. The largest absolute Gasteiger partial charge is 0.479 e. The summed E-state index contributed by atoms with van der Waals surface area (Å²) in [4.78, 5) is 23.7. The highest BCUT2D eigenvalue weighted by atomic mass is 32.2. The van der Waals surface area contributed by atoms with Crippen LogP contribution < -0.4 is 0 Å². The first-order valence-corrected chi connectivity index (χ1v) is 5.67.